The van der Waals surface area contributed by atoms with Gasteiger partial charge < -0.3 is 19.1 Å². The monoisotopic (exact) mass is 780 g/mol. The zero-order chi connectivity index (χ0) is 41.5. The maximum absolute atomic E-state index is 12.8. The normalized spacial score (nSPS) is 14.2. The summed E-state index contributed by atoms with van der Waals surface area (Å²) in [4.78, 5) is 39.5. The standard InChI is InChI=1S/C48H93NO6/c1-39(2)30-32-43(41(5)6)25-23-37-53-45(50)27-18-14-12-16-20-34-48(9,55-47(52)29-22-36-49(10)11)35-21-17-13-15-19-28-46(51)54-38-24-26-44(42(7)8)33-31-40(3)4/h39-44H,12-38H2,1-11H3. The predicted molar refractivity (Wildman–Crippen MR) is 232 cm³/mol. The Labute approximate surface area is 341 Å². The van der Waals surface area contributed by atoms with Crippen molar-refractivity contribution in [1.82, 2.24) is 4.90 Å². The van der Waals surface area contributed by atoms with Crippen LogP contribution in [-0.2, 0) is 28.6 Å². The molecule has 2 atom stereocenters. The van der Waals surface area contributed by atoms with Gasteiger partial charge in [0.2, 0.25) is 0 Å². The molecule has 7 nitrogen and oxygen atoms in total. The minimum atomic E-state index is -0.449. The van der Waals surface area contributed by atoms with Crippen LogP contribution < -0.4 is 0 Å². The molecule has 0 aliphatic carbocycles. The molecular formula is C48H93NO6. The summed E-state index contributed by atoms with van der Waals surface area (Å²) in [5, 5.41) is 0. The van der Waals surface area contributed by atoms with E-state index >= 15 is 0 Å². The molecule has 0 radical (unpaired) electrons. The van der Waals surface area contributed by atoms with Crippen LogP contribution in [0.15, 0.2) is 0 Å². The van der Waals surface area contributed by atoms with Crippen molar-refractivity contribution >= 4 is 17.9 Å². The van der Waals surface area contributed by atoms with Crippen molar-refractivity contribution in [3.8, 4) is 0 Å². The highest BCUT2D eigenvalue weighted by atomic mass is 16.6. The zero-order valence-corrected chi connectivity index (χ0v) is 38.5. The van der Waals surface area contributed by atoms with E-state index in [1.165, 1.54) is 25.7 Å². The van der Waals surface area contributed by atoms with Gasteiger partial charge in [-0.25, -0.2) is 0 Å². The lowest BCUT2D eigenvalue weighted by atomic mass is 9.85. The van der Waals surface area contributed by atoms with Crippen LogP contribution in [-0.4, -0.2) is 62.3 Å². The largest absolute Gasteiger partial charge is 0.466 e. The van der Waals surface area contributed by atoms with E-state index in [2.05, 4.69) is 67.2 Å². The van der Waals surface area contributed by atoms with Gasteiger partial charge in [0.15, 0.2) is 0 Å². The highest BCUT2D eigenvalue weighted by Crippen LogP contribution is 2.29. The van der Waals surface area contributed by atoms with Gasteiger partial charge in [-0.15, -0.1) is 0 Å². The van der Waals surface area contributed by atoms with Crippen molar-refractivity contribution in [2.75, 3.05) is 33.9 Å². The molecule has 2 unspecified atom stereocenters. The van der Waals surface area contributed by atoms with Gasteiger partial charge in [0.25, 0.3) is 0 Å². The maximum atomic E-state index is 12.8. The fourth-order valence-electron chi connectivity index (χ4n) is 7.61. The summed E-state index contributed by atoms with van der Waals surface area (Å²) < 4.78 is 17.3. The summed E-state index contributed by atoms with van der Waals surface area (Å²) in [7, 11) is 4.05. The van der Waals surface area contributed by atoms with Crippen molar-refractivity contribution in [1.29, 1.82) is 0 Å². The Kier molecular flexibility index (Phi) is 32.4. The van der Waals surface area contributed by atoms with Gasteiger partial charge in [-0.05, 0) is 147 Å². The van der Waals surface area contributed by atoms with E-state index in [1.54, 1.807) is 0 Å². The van der Waals surface area contributed by atoms with E-state index in [-0.39, 0.29) is 17.9 Å². The van der Waals surface area contributed by atoms with Gasteiger partial charge in [0, 0.05) is 19.3 Å². The van der Waals surface area contributed by atoms with E-state index in [4.69, 9.17) is 14.2 Å². The van der Waals surface area contributed by atoms with Crippen molar-refractivity contribution in [2.24, 2.45) is 35.5 Å². The zero-order valence-electron chi connectivity index (χ0n) is 38.5. The molecule has 0 aromatic rings. The van der Waals surface area contributed by atoms with Gasteiger partial charge >= 0.3 is 17.9 Å². The Morgan fingerprint density at radius 2 is 0.855 bits per heavy atom. The average Bonchev–Trinajstić information content (AvgIpc) is 3.09. The van der Waals surface area contributed by atoms with E-state index in [1.807, 2.05) is 14.1 Å². The minimum absolute atomic E-state index is 0.0602. The highest BCUT2D eigenvalue weighted by Gasteiger charge is 2.28. The lowest BCUT2D eigenvalue weighted by Crippen LogP contribution is -2.32. The molecule has 0 saturated carbocycles. The number of carbonyl (C=O) groups is 3. The first-order valence-electron chi connectivity index (χ1n) is 23.2. The molecular weight excluding hydrogens is 687 g/mol. The Hall–Kier alpha value is -1.63. The number of esters is 3. The summed E-state index contributed by atoms with van der Waals surface area (Å²) in [6.45, 7) is 22.5. The van der Waals surface area contributed by atoms with Crippen molar-refractivity contribution in [3.05, 3.63) is 0 Å². The van der Waals surface area contributed by atoms with Crippen molar-refractivity contribution in [3.63, 3.8) is 0 Å². The molecule has 7 heteroatoms. The van der Waals surface area contributed by atoms with Crippen LogP contribution in [0.4, 0.5) is 0 Å². The fourth-order valence-corrected chi connectivity index (χ4v) is 7.61. The highest BCUT2D eigenvalue weighted by molar-refractivity contribution is 5.70. The Bertz CT molecular complexity index is 887. The second-order valence-corrected chi connectivity index (χ2v) is 19.0. The van der Waals surface area contributed by atoms with Crippen LogP contribution in [0.25, 0.3) is 0 Å². The molecule has 0 fully saturated rings. The van der Waals surface area contributed by atoms with E-state index < -0.39 is 5.60 Å². The number of hydrogen-bond donors (Lipinski definition) is 0. The van der Waals surface area contributed by atoms with Crippen LogP contribution in [0.5, 0.6) is 0 Å². The van der Waals surface area contributed by atoms with Crippen LogP contribution in [0.2, 0.25) is 0 Å². The smallest absolute Gasteiger partial charge is 0.306 e. The quantitative estimate of drug-likeness (QED) is 0.0353. The summed E-state index contributed by atoms with van der Waals surface area (Å²) in [5.74, 6) is 4.05. The summed E-state index contributed by atoms with van der Waals surface area (Å²) in [5.41, 5.74) is -0.449. The lowest BCUT2D eigenvalue weighted by molar-refractivity contribution is -0.160. The van der Waals surface area contributed by atoms with Gasteiger partial charge in [-0.1, -0.05) is 107 Å². The first-order valence-corrected chi connectivity index (χ1v) is 23.2. The Balaban J connectivity index is 4.40. The van der Waals surface area contributed by atoms with Crippen LogP contribution in [0, 0.1) is 35.5 Å². The number of rotatable bonds is 37. The van der Waals surface area contributed by atoms with Gasteiger partial charge in [0.1, 0.15) is 5.60 Å². The van der Waals surface area contributed by atoms with Gasteiger partial charge in [0.05, 0.1) is 13.2 Å². The summed E-state index contributed by atoms with van der Waals surface area (Å²) in [6.07, 6.45) is 23.3. The topological polar surface area (TPSA) is 82.1 Å². The predicted octanol–water partition coefficient (Wildman–Crippen LogP) is 13.2. The molecule has 326 valence electrons. The summed E-state index contributed by atoms with van der Waals surface area (Å²) >= 11 is 0. The second-order valence-electron chi connectivity index (χ2n) is 19.0. The first-order chi connectivity index (χ1) is 26.0. The molecule has 0 N–H and O–H groups in total. The number of ether oxygens (including phenoxy) is 3. The third-order valence-electron chi connectivity index (χ3n) is 11.6. The third-order valence-corrected chi connectivity index (χ3v) is 11.6. The molecule has 0 aromatic heterocycles. The molecule has 0 saturated heterocycles. The van der Waals surface area contributed by atoms with Crippen molar-refractivity contribution in [2.45, 2.75) is 222 Å². The second kappa shape index (κ2) is 33.4. The third kappa shape index (κ3) is 33.1. The average molecular weight is 780 g/mol. The van der Waals surface area contributed by atoms with E-state index in [0.29, 0.717) is 56.1 Å². The van der Waals surface area contributed by atoms with Crippen molar-refractivity contribution < 1.29 is 28.6 Å². The van der Waals surface area contributed by atoms with Crippen LogP contribution in [0.3, 0.4) is 0 Å². The van der Waals surface area contributed by atoms with E-state index in [0.717, 1.165) is 128 Å². The number of nitrogens with zero attached hydrogens (tertiary/aromatic N) is 1. The van der Waals surface area contributed by atoms with Gasteiger partial charge in [-0.2, -0.15) is 0 Å². The summed E-state index contributed by atoms with van der Waals surface area (Å²) in [6, 6.07) is 0. The molecule has 0 spiro atoms. The minimum Gasteiger partial charge on any atom is -0.466 e. The van der Waals surface area contributed by atoms with Gasteiger partial charge in [-0.3, -0.25) is 14.4 Å². The maximum Gasteiger partial charge on any atom is 0.306 e. The number of hydrogen-bond acceptors (Lipinski definition) is 7. The molecule has 0 amide bonds. The Morgan fingerprint density at radius 1 is 0.473 bits per heavy atom. The number of carbonyl (C=O) groups excluding carboxylic acids is 3. The van der Waals surface area contributed by atoms with Crippen LogP contribution >= 0.6 is 0 Å². The molecule has 0 aromatic carbocycles. The molecule has 0 rings (SSSR count). The molecule has 0 aliphatic rings. The first kappa shape index (κ1) is 53.4. The SMILES string of the molecule is CC(C)CCC(CCCOC(=O)CCCCCCCC(C)(CCCCCCCC(=O)OCCCC(CCC(C)C)C(C)C)OC(=O)CCCN(C)C)C(C)C. The molecule has 0 heterocycles. The Morgan fingerprint density at radius 3 is 1.24 bits per heavy atom. The molecule has 0 aliphatic heterocycles. The van der Waals surface area contributed by atoms with Crippen LogP contribution in [0.1, 0.15) is 216 Å². The molecule has 55 heavy (non-hydrogen) atoms. The number of unbranched alkanes of at least 4 members (excludes halogenated alkanes) is 8. The molecule has 0 bridgehead atoms. The van der Waals surface area contributed by atoms with E-state index in [9.17, 15) is 14.4 Å². The fraction of sp³-hybridized carbons (Fsp3) is 0.938. The lowest BCUT2D eigenvalue weighted by Gasteiger charge is -2.30.